The van der Waals surface area contributed by atoms with Crippen molar-refractivity contribution in [3.05, 3.63) is 18.5 Å². The summed E-state index contributed by atoms with van der Waals surface area (Å²) >= 11 is 0. The third-order valence-corrected chi connectivity index (χ3v) is 6.16. The van der Waals surface area contributed by atoms with Crippen LogP contribution in [0, 0.1) is 11.8 Å². The van der Waals surface area contributed by atoms with Crippen LogP contribution in [0.25, 0.3) is 0 Å². The summed E-state index contributed by atoms with van der Waals surface area (Å²) in [6, 6.07) is 1.73. The van der Waals surface area contributed by atoms with Crippen molar-refractivity contribution in [2.45, 2.75) is 38.5 Å². The number of hydrogen-bond acceptors (Lipinski definition) is 4. The van der Waals surface area contributed by atoms with Crippen LogP contribution in [0.4, 0.5) is 5.69 Å². The first-order chi connectivity index (χ1) is 9.96. The normalized spacial score (nSPS) is 24.0. The molecule has 0 amide bonds. The fourth-order valence-electron chi connectivity index (χ4n) is 2.57. The Labute approximate surface area is 127 Å². The van der Waals surface area contributed by atoms with E-state index in [0.29, 0.717) is 35.5 Å². The predicted octanol–water partition coefficient (Wildman–Crippen LogP) is 2.57. The smallest absolute Gasteiger partial charge is 0.246 e. The van der Waals surface area contributed by atoms with Crippen LogP contribution in [0.1, 0.15) is 33.6 Å². The van der Waals surface area contributed by atoms with Gasteiger partial charge in [0.1, 0.15) is 4.90 Å². The van der Waals surface area contributed by atoms with E-state index in [4.69, 9.17) is 0 Å². The van der Waals surface area contributed by atoms with Gasteiger partial charge >= 0.3 is 0 Å². The minimum absolute atomic E-state index is 0.292. The average Bonchev–Trinajstić information content (AvgIpc) is 2.48. The van der Waals surface area contributed by atoms with Gasteiger partial charge in [0.05, 0.1) is 5.69 Å². The van der Waals surface area contributed by atoms with E-state index in [1.165, 1.54) is 6.20 Å². The maximum atomic E-state index is 12.9. The first kappa shape index (κ1) is 16.2. The summed E-state index contributed by atoms with van der Waals surface area (Å²) < 4.78 is 27.3. The lowest BCUT2D eigenvalue weighted by atomic mass is 9.90. The van der Waals surface area contributed by atoms with Crippen molar-refractivity contribution in [3.8, 4) is 0 Å². The van der Waals surface area contributed by atoms with Crippen LogP contribution in [0.5, 0.6) is 0 Å². The molecule has 5 nitrogen and oxygen atoms in total. The third kappa shape index (κ3) is 3.55. The molecular formula is C15H25N3O2S. The number of sulfonamides is 1. The zero-order chi connectivity index (χ0) is 15.5. The molecule has 2 heterocycles. The molecule has 0 aromatic carbocycles. The predicted molar refractivity (Wildman–Crippen MR) is 84.7 cm³/mol. The lowest BCUT2D eigenvalue weighted by Crippen LogP contribution is -2.42. The number of pyridine rings is 1. The van der Waals surface area contributed by atoms with Gasteiger partial charge in [0.25, 0.3) is 0 Å². The van der Waals surface area contributed by atoms with E-state index in [1.807, 2.05) is 0 Å². The molecule has 1 aliphatic rings. The van der Waals surface area contributed by atoms with Gasteiger partial charge in [-0.15, -0.1) is 0 Å². The molecule has 1 N–H and O–H groups in total. The first-order valence-electron chi connectivity index (χ1n) is 7.64. The zero-order valence-corrected chi connectivity index (χ0v) is 13.9. The quantitative estimate of drug-likeness (QED) is 0.908. The van der Waals surface area contributed by atoms with Crippen molar-refractivity contribution in [3.63, 3.8) is 0 Å². The van der Waals surface area contributed by atoms with E-state index >= 15 is 0 Å². The minimum atomic E-state index is -3.47. The van der Waals surface area contributed by atoms with Crippen LogP contribution in [0.2, 0.25) is 0 Å². The molecule has 0 bridgehead atoms. The van der Waals surface area contributed by atoms with E-state index in [1.54, 1.807) is 16.6 Å². The molecule has 0 radical (unpaired) electrons. The SMILES string of the molecule is CCCNc1ccncc1S(=O)(=O)N1CCC(C)C(C)C1. The molecule has 2 rings (SSSR count). The number of aromatic nitrogens is 1. The lowest BCUT2D eigenvalue weighted by Gasteiger charge is -2.34. The van der Waals surface area contributed by atoms with Gasteiger partial charge in [0.15, 0.2) is 0 Å². The first-order valence-corrected chi connectivity index (χ1v) is 9.08. The second kappa shape index (κ2) is 6.75. The highest BCUT2D eigenvalue weighted by atomic mass is 32.2. The van der Waals surface area contributed by atoms with Crippen LogP contribution >= 0.6 is 0 Å². The second-order valence-electron chi connectivity index (χ2n) is 5.90. The summed E-state index contributed by atoms with van der Waals surface area (Å²) in [6.07, 6.45) is 4.94. The van der Waals surface area contributed by atoms with Crippen molar-refractivity contribution in [2.75, 3.05) is 25.0 Å². The van der Waals surface area contributed by atoms with Gasteiger partial charge in [-0.2, -0.15) is 4.31 Å². The summed E-state index contributed by atoms with van der Waals surface area (Å²) in [7, 11) is -3.47. The molecule has 0 saturated carbocycles. The molecule has 1 fully saturated rings. The molecule has 1 saturated heterocycles. The zero-order valence-electron chi connectivity index (χ0n) is 13.0. The van der Waals surface area contributed by atoms with Gasteiger partial charge in [-0.25, -0.2) is 8.42 Å². The van der Waals surface area contributed by atoms with Crippen molar-refractivity contribution in [1.29, 1.82) is 0 Å². The van der Waals surface area contributed by atoms with E-state index in [9.17, 15) is 8.42 Å². The Kier molecular flexibility index (Phi) is 5.22. The minimum Gasteiger partial charge on any atom is -0.384 e. The summed E-state index contributed by atoms with van der Waals surface area (Å²) in [5.74, 6) is 0.959. The number of hydrogen-bond donors (Lipinski definition) is 1. The fourth-order valence-corrected chi connectivity index (χ4v) is 4.24. The van der Waals surface area contributed by atoms with Crippen LogP contribution in [0.15, 0.2) is 23.4 Å². The van der Waals surface area contributed by atoms with Gasteiger partial charge < -0.3 is 5.32 Å². The van der Waals surface area contributed by atoms with Gasteiger partial charge in [0, 0.05) is 32.0 Å². The molecular weight excluding hydrogens is 286 g/mol. The van der Waals surface area contributed by atoms with E-state index < -0.39 is 10.0 Å². The third-order valence-electron chi connectivity index (χ3n) is 4.26. The molecule has 2 atom stereocenters. The molecule has 21 heavy (non-hydrogen) atoms. The molecule has 1 aromatic rings. The Bertz CT molecular complexity index is 574. The van der Waals surface area contributed by atoms with E-state index in [-0.39, 0.29) is 0 Å². The van der Waals surface area contributed by atoms with Crippen LogP contribution in [-0.2, 0) is 10.0 Å². The molecule has 118 valence electrons. The Morgan fingerprint density at radius 3 is 2.81 bits per heavy atom. The van der Waals surface area contributed by atoms with Crippen molar-refractivity contribution < 1.29 is 8.42 Å². The standard InChI is InChI=1S/C15H25N3O2S/c1-4-7-17-14-5-8-16-10-15(14)21(19,20)18-9-6-12(2)13(3)11-18/h5,8,10,12-13H,4,6-7,9,11H2,1-3H3,(H,16,17). The summed E-state index contributed by atoms with van der Waals surface area (Å²) in [5.41, 5.74) is 0.651. The topological polar surface area (TPSA) is 62.3 Å². The second-order valence-corrected chi connectivity index (χ2v) is 7.81. The maximum Gasteiger partial charge on any atom is 0.246 e. The van der Waals surface area contributed by atoms with Crippen molar-refractivity contribution >= 4 is 15.7 Å². The van der Waals surface area contributed by atoms with Crippen LogP contribution < -0.4 is 5.32 Å². The van der Waals surface area contributed by atoms with Gasteiger partial charge in [-0.05, 0) is 30.7 Å². The highest BCUT2D eigenvalue weighted by Crippen LogP contribution is 2.29. The molecule has 0 aliphatic carbocycles. The number of nitrogens with zero attached hydrogens (tertiary/aromatic N) is 2. The number of piperidine rings is 1. The van der Waals surface area contributed by atoms with E-state index in [0.717, 1.165) is 19.4 Å². The fraction of sp³-hybridized carbons (Fsp3) is 0.667. The number of nitrogens with one attached hydrogen (secondary N) is 1. The van der Waals surface area contributed by atoms with Gasteiger partial charge in [0.2, 0.25) is 10.0 Å². The average molecular weight is 311 g/mol. The Morgan fingerprint density at radius 1 is 1.38 bits per heavy atom. The largest absolute Gasteiger partial charge is 0.384 e. The van der Waals surface area contributed by atoms with Crippen LogP contribution in [-0.4, -0.2) is 37.3 Å². The van der Waals surface area contributed by atoms with E-state index in [2.05, 4.69) is 31.1 Å². The summed E-state index contributed by atoms with van der Waals surface area (Å²) in [6.45, 7) is 8.29. The summed E-state index contributed by atoms with van der Waals surface area (Å²) in [4.78, 5) is 4.29. The highest BCUT2D eigenvalue weighted by Gasteiger charge is 2.33. The summed E-state index contributed by atoms with van der Waals surface area (Å²) in [5, 5.41) is 3.18. The highest BCUT2D eigenvalue weighted by molar-refractivity contribution is 7.89. The van der Waals surface area contributed by atoms with Crippen molar-refractivity contribution in [2.24, 2.45) is 11.8 Å². The Balaban J connectivity index is 2.27. The van der Waals surface area contributed by atoms with Gasteiger partial charge in [-0.3, -0.25) is 4.98 Å². The molecule has 0 spiro atoms. The molecule has 1 aromatic heterocycles. The van der Waals surface area contributed by atoms with Crippen LogP contribution in [0.3, 0.4) is 0 Å². The monoisotopic (exact) mass is 311 g/mol. The maximum absolute atomic E-state index is 12.9. The van der Waals surface area contributed by atoms with Gasteiger partial charge in [-0.1, -0.05) is 20.8 Å². The molecule has 2 unspecified atom stereocenters. The number of rotatable bonds is 5. The lowest BCUT2D eigenvalue weighted by molar-refractivity contribution is 0.212. The Hall–Kier alpha value is -1.14. The number of anilines is 1. The molecule has 6 heteroatoms. The van der Waals surface area contributed by atoms with Crippen molar-refractivity contribution in [1.82, 2.24) is 9.29 Å². The Morgan fingerprint density at radius 2 is 2.14 bits per heavy atom. The molecule has 1 aliphatic heterocycles.